The average molecular weight is 373 g/mol. The molecule has 0 bridgehead atoms. The van der Waals surface area contributed by atoms with Gasteiger partial charge in [0.25, 0.3) is 0 Å². The van der Waals surface area contributed by atoms with Crippen molar-refractivity contribution in [2.45, 2.75) is 46.1 Å². The van der Waals surface area contributed by atoms with Crippen LogP contribution in [-0.4, -0.2) is 59.1 Å². The van der Waals surface area contributed by atoms with E-state index in [1.807, 2.05) is 42.8 Å². The van der Waals surface area contributed by atoms with Gasteiger partial charge in [-0.3, -0.25) is 4.79 Å². The van der Waals surface area contributed by atoms with Crippen LogP contribution in [0.4, 0.5) is 0 Å². The van der Waals surface area contributed by atoms with Crippen molar-refractivity contribution in [1.29, 1.82) is 0 Å². The Hall–Kier alpha value is -1.92. The minimum absolute atomic E-state index is 0.0673. The lowest BCUT2D eigenvalue weighted by Gasteiger charge is -2.37. The number of hydrogen-bond acceptors (Lipinski definition) is 4. The number of hydrogen-bond donors (Lipinski definition) is 1. The van der Waals surface area contributed by atoms with Gasteiger partial charge in [-0.2, -0.15) is 0 Å². The van der Waals surface area contributed by atoms with Gasteiger partial charge < -0.3 is 19.4 Å². The lowest BCUT2D eigenvalue weighted by atomic mass is 9.93. The van der Waals surface area contributed by atoms with E-state index in [2.05, 4.69) is 22.1 Å². The third-order valence-electron chi connectivity index (χ3n) is 5.37. The lowest BCUT2D eigenvalue weighted by molar-refractivity contribution is -0.121. The van der Waals surface area contributed by atoms with E-state index in [4.69, 9.17) is 4.74 Å². The van der Waals surface area contributed by atoms with E-state index in [1.54, 1.807) is 0 Å². The standard InChI is InChI=1S/C21H32N4O2/c1-4-27-12-6-9-24-11-8-19(17(3)14-24)23-20(26)13-18-15-25-10-5-7-16(2)21(25)22-18/h5,7,10,15,17,19H,4,6,8-9,11-14H2,1-3H3,(H,23,26). The van der Waals surface area contributed by atoms with Crippen molar-refractivity contribution in [2.24, 2.45) is 5.92 Å². The topological polar surface area (TPSA) is 58.9 Å². The largest absolute Gasteiger partial charge is 0.382 e. The molecule has 2 atom stereocenters. The normalized spacial score (nSPS) is 20.9. The first kappa shape index (κ1) is 19.8. The van der Waals surface area contributed by atoms with Crippen LogP contribution in [0.2, 0.25) is 0 Å². The second-order valence-electron chi connectivity index (χ2n) is 7.62. The third-order valence-corrected chi connectivity index (χ3v) is 5.37. The highest BCUT2D eigenvalue weighted by Gasteiger charge is 2.27. The van der Waals surface area contributed by atoms with E-state index < -0.39 is 0 Å². The van der Waals surface area contributed by atoms with E-state index in [-0.39, 0.29) is 11.9 Å². The summed E-state index contributed by atoms with van der Waals surface area (Å²) in [5.41, 5.74) is 2.87. The van der Waals surface area contributed by atoms with E-state index in [0.29, 0.717) is 12.3 Å². The van der Waals surface area contributed by atoms with E-state index in [1.165, 1.54) is 0 Å². The summed E-state index contributed by atoms with van der Waals surface area (Å²) in [6, 6.07) is 4.28. The molecule has 0 aromatic carbocycles. The maximum Gasteiger partial charge on any atom is 0.226 e. The van der Waals surface area contributed by atoms with Crippen LogP contribution in [-0.2, 0) is 16.0 Å². The quantitative estimate of drug-likeness (QED) is 0.723. The van der Waals surface area contributed by atoms with Crippen LogP contribution in [0, 0.1) is 12.8 Å². The number of nitrogens with zero attached hydrogens (tertiary/aromatic N) is 3. The Bertz CT molecular complexity index is 758. The van der Waals surface area contributed by atoms with Crippen molar-refractivity contribution >= 4 is 11.6 Å². The first-order valence-electron chi connectivity index (χ1n) is 10.1. The highest BCUT2D eigenvalue weighted by Crippen LogP contribution is 2.17. The molecule has 0 radical (unpaired) electrons. The van der Waals surface area contributed by atoms with Gasteiger partial charge in [-0.15, -0.1) is 0 Å². The van der Waals surface area contributed by atoms with Gasteiger partial charge in [0, 0.05) is 51.3 Å². The van der Waals surface area contributed by atoms with Gasteiger partial charge >= 0.3 is 0 Å². The average Bonchev–Trinajstić information content (AvgIpc) is 3.05. The number of pyridine rings is 1. The first-order valence-corrected chi connectivity index (χ1v) is 10.1. The van der Waals surface area contributed by atoms with E-state index >= 15 is 0 Å². The van der Waals surface area contributed by atoms with E-state index in [9.17, 15) is 4.79 Å². The molecule has 0 saturated carbocycles. The van der Waals surface area contributed by atoms with Gasteiger partial charge in [-0.25, -0.2) is 4.98 Å². The number of nitrogens with one attached hydrogen (secondary N) is 1. The SMILES string of the molecule is CCOCCCN1CCC(NC(=O)Cc2cn3cccc(C)c3n2)C(C)C1. The molecule has 148 valence electrons. The van der Waals surface area contributed by atoms with Crippen molar-refractivity contribution in [3.63, 3.8) is 0 Å². The molecule has 2 unspecified atom stereocenters. The highest BCUT2D eigenvalue weighted by atomic mass is 16.5. The highest BCUT2D eigenvalue weighted by molar-refractivity contribution is 5.78. The summed E-state index contributed by atoms with van der Waals surface area (Å²) in [5.74, 6) is 0.524. The van der Waals surface area contributed by atoms with Crippen molar-refractivity contribution in [1.82, 2.24) is 19.6 Å². The molecule has 1 saturated heterocycles. The van der Waals surface area contributed by atoms with Crippen molar-refractivity contribution in [3.05, 3.63) is 35.8 Å². The number of likely N-dealkylation sites (tertiary alicyclic amines) is 1. The van der Waals surface area contributed by atoms with Gasteiger partial charge in [0.05, 0.1) is 12.1 Å². The van der Waals surface area contributed by atoms with Crippen molar-refractivity contribution in [2.75, 3.05) is 32.8 Å². The molecule has 0 aliphatic carbocycles. The molecule has 1 aliphatic rings. The molecule has 1 N–H and O–H groups in total. The van der Waals surface area contributed by atoms with Crippen LogP contribution in [0.15, 0.2) is 24.5 Å². The molecular weight excluding hydrogens is 340 g/mol. The van der Waals surface area contributed by atoms with Crippen LogP contribution in [0.3, 0.4) is 0 Å². The van der Waals surface area contributed by atoms with Crippen LogP contribution in [0.5, 0.6) is 0 Å². The molecule has 3 heterocycles. The fourth-order valence-corrected chi connectivity index (χ4v) is 3.90. The molecule has 2 aromatic heterocycles. The zero-order valence-corrected chi connectivity index (χ0v) is 16.8. The Labute approximate surface area is 161 Å². The fourth-order valence-electron chi connectivity index (χ4n) is 3.90. The van der Waals surface area contributed by atoms with Gasteiger partial charge in [0.1, 0.15) is 5.65 Å². The molecule has 3 rings (SSSR count). The van der Waals surface area contributed by atoms with Crippen LogP contribution in [0.25, 0.3) is 5.65 Å². The second kappa shape index (κ2) is 9.33. The molecule has 1 fully saturated rings. The van der Waals surface area contributed by atoms with Crippen LogP contribution in [0.1, 0.15) is 37.9 Å². The Morgan fingerprint density at radius 3 is 3.04 bits per heavy atom. The summed E-state index contributed by atoms with van der Waals surface area (Å²) >= 11 is 0. The zero-order chi connectivity index (χ0) is 19.2. The molecule has 2 aromatic rings. The van der Waals surface area contributed by atoms with Gasteiger partial charge in [-0.05, 0) is 44.2 Å². The van der Waals surface area contributed by atoms with Crippen LogP contribution < -0.4 is 5.32 Å². The summed E-state index contributed by atoms with van der Waals surface area (Å²) < 4.78 is 7.41. The number of aromatic nitrogens is 2. The maximum absolute atomic E-state index is 12.5. The summed E-state index contributed by atoms with van der Waals surface area (Å²) in [5, 5.41) is 3.23. The maximum atomic E-state index is 12.5. The predicted molar refractivity (Wildman–Crippen MR) is 107 cm³/mol. The summed E-state index contributed by atoms with van der Waals surface area (Å²) in [7, 11) is 0. The Balaban J connectivity index is 1.47. The van der Waals surface area contributed by atoms with Gasteiger partial charge in [0.15, 0.2) is 0 Å². The van der Waals surface area contributed by atoms with Crippen molar-refractivity contribution < 1.29 is 9.53 Å². The minimum atomic E-state index is 0.0673. The summed E-state index contributed by atoms with van der Waals surface area (Å²) in [6.45, 7) is 11.1. The Morgan fingerprint density at radius 2 is 2.30 bits per heavy atom. The van der Waals surface area contributed by atoms with Gasteiger partial charge in [0.2, 0.25) is 5.91 Å². The number of aryl methyl sites for hydroxylation is 1. The Morgan fingerprint density at radius 1 is 1.44 bits per heavy atom. The monoisotopic (exact) mass is 372 g/mol. The Kier molecular flexibility index (Phi) is 6.85. The molecule has 27 heavy (non-hydrogen) atoms. The minimum Gasteiger partial charge on any atom is -0.382 e. The molecule has 6 nitrogen and oxygen atoms in total. The van der Waals surface area contributed by atoms with Gasteiger partial charge in [-0.1, -0.05) is 13.0 Å². The van der Waals surface area contributed by atoms with Crippen LogP contribution >= 0.6 is 0 Å². The lowest BCUT2D eigenvalue weighted by Crippen LogP contribution is -2.50. The second-order valence-corrected chi connectivity index (χ2v) is 7.62. The number of fused-ring (bicyclic) bond motifs is 1. The number of imidazole rings is 1. The smallest absolute Gasteiger partial charge is 0.226 e. The number of carbonyl (C=O) groups is 1. The molecular formula is C21H32N4O2. The summed E-state index contributed by atoms with van der Waals surface area (Å²) in [6.07, 6.45) is 6.34. The predicted octanol–water partition coefficient (Wildman–Crippen LogP) is 2.44. The third kappa shape index (κ3) is 5.30. The van der Waals surface area contributed by atoms with E-state index in [0.717, 1.165) is 62.6 Å². The number of piperidine rings is 1. The number of ether oxygens (including phenoxy) is 1. The number of amides is 1. The first-order chi connectivity index (χ1) is 13.1. The fraction of sp³-hybridized carbons (Fsp3) is 0.619. The zero-order valence-electron chi connectivity index (χ0n) is 16.8. The number of rotatable bonds is 8. The molecule has 1 amide bonds. The molecule has 6 heteroatoms. The summed E-state index contributed by atoms with van der Waals surface area (Å²) in [4.78, 5) is 19.6. The molecule has 0 spiro atoms. The number of carbonyl (C=O) groups excluding carboxylic acids is 1. The van der Waals surface area contributed by atoms with Crippen molar-refractivity contribution in [3.8, 4) is 0 Å². The molecule has 1 aliphatic heterocycles.